The van der Waals surface area contributed by atoms with Crippen LogP contribution in [0.2, 0.25) is 0 Å². The van der Waals surface area contributed by atoms with E-state index in [-0.39, 0.29) is 11.6 Å². The first-order valence-electron chi connectivity index (χ1n) is 6.28. The minimum absolute atomic E-state index is 0.258. The largest absolute Gasteiger partial charge is 0.494 e. The van der Waals surface area contributed by atoms with Gasteiger partial charge in [-0.2, -0.15) is 0 Å². The molecule has 0 radical (unpaired) electrons. The molecule has 0 atom stereocenters. The number of methoxy groups -OCH3 is 1. The van der Waals surface area contributed by atoms with Crippen LogP contribution >= 0.6 is 0 Å². The molecule has 0 amide bonds. The van der Waals surface area contributed by atoms with Gasteiger partial charge in [0.05, 0.1) is 13.7 Å². The number of benzene rings is 1. The van der Waals surface area contributed by atoms with Crippen LogP contribution in [0.15, 0.2) is 18.2 Å². The smallest absolute Gasteiger partial charge is 0.167 e. The Hall–Kier alpha value is -1.29. The van der Waals surface area contributed by atoms with E-state index in [0.29, 0.717) is 19.1 Å². The van der Waals surface area contributed by atoms with Crippen LogP contribution in [-0.4, -0.2) is 26.9 Å². The van der Waals surface area contributed by atoms with Gasteiger partial charge in [0, 0.05) is 24.9 Å². The third-order valence-electron chi connectivity index (χ3n) is 2.57. The van der Waals surface area contributed by atoms with E-state index in [9.17, 15) is 4.39 Å². The first-order chi connectivity index (χ1) is 8.63. The average Bonchev–Trinajstić information content (AvgIpc) is 2.33. The van der Waals surface area contributed by atoms with Crippen molar-refractivity contribution in [3.05, 3.63) is 24.0 Å². The molecule has 0 aromatic heterocycles. The average molecular weight is 255 g/mol. The summed E-state index contributed by atoms with van der Waals surface area (Å²) < 4.78 is 23.7. The maximum atomic E-state index is 13.4. The predicted molar refractivity (Wildman–Crippen MR) is 71.7 cm³/mol. The molecule has 0 aliphatic carbocycles. The molecule has 1 rings (SSSR count). The molecule has 3 nitrogen and oxygen atoms in total. The van der Waals surface area contributed by atoms with E-state index < -0.39 is 0 Å². The number of nitrogens with one attached hydrogen (secondary N) is 1. The molecular formula is C14H22FNO2. The lowest BCUT2D eigenvalue weighted by Gasteiger charge is -2.09. The van der Waals surface area contributed by atoms with Gasteiger partial charge in [-0.05, 0) is 24.5 Å². The number of anilines is 1. The van der Waals surface area contributed by atoms with Crippen molar-refractivity contribution in [3.63, 3.8) is 0 Å². The Morgan fingerprint density at radius 3 is 2.67 bits per heavy atom. The van der Waals surface area contributed by atoms with Crippen LogP contribution < -0.4 is 10.1 Å². The first-order valence-corrected chi connectivity index (χ1v) is 6.28. The molecule has 18 heavy (non-hydrogen) atoms. The van der Waals surface area contributed by atoms with E-state index in [4.69, 9.17) is 9.47 Å². The van der Waals surface area contributed by atoms with E-state index in [1.165, 1.54) is 13.2 Å². The van der Waals surface area contributed by atoms with Crippen molar-refractivity contribution in [3.8, 4) is 5.75 Å². The third-order valence-corrected chi connectivity index (χ3v) is 2.57. The summed E-state index contributed by atoms with van der Waals surface area (Å²) in [5.74, 6) is 0.561. The molecule has 4 heteroatoms. The molecule has 0 heterocycles. The van der Waals surface area contributed by atoms with Crippen molar-refractivity contribution in [2.45, 2.75) is 20.3 Å². The van der Waals surface area contributed by atoms with E-state index >= 15 is 0 Å². The fourth-order valence-corrected chi connectivity index (χ4v) is 1.46. The number of halogens is 1. The van der Waals surface area contributed by atoms with E-state index in [1.54, 1.807) is 12.1 Å². The van der Waals surface area contributed by atoms with Crippen LogP contribution in [0, 0.1) is 11.7 Å². The maximum Gasteiger partial charge on any atom is 0.167 e. The molecule has 0 spiro atoms. The second-order valence-electron chi connectivity index (χ2n) is 4.57. The third kappa shape index (κ3) is 5.36. The standard InChI is InChI=1S/C14H22FNO2/c1-11(2)6-8-18-9-7-16-12-4-5-14(17-3)13(15)10-12/h4-5,10-11,16H,6-9H2,1-3H3. The summed E-state index contributed by atoms with van der Waals surface area (Å²) in [4.78, 5) is 0. The van der Waals surface area contributed by atoms with Gasteiger partial charge in [-0.3, -0.25) is 0 Å². The summed E-state index contributed by atoms with van der Waals surface area (Å²) >= 11 is 0. The molecule has 0 aliphatic heterocycles. The van der Waals surface area contributed by atoms with Crippen molar-refractivity contribution in [1.29, 1.82) is 0 Å². The number of ether oxygens (including phenoxy) is 2. The zero-order chi connectivity index (χ0) is 13.4. The van der Waals surface area contributed by atoms with Gasteiger partial charge in [-0.15, -0.1) is 0 Å². The summed E-state index contributed by atoms with van der Waals surface area (Å²) in [6.45, 7) is 6.41. The lowest BCUT2D eigenvalue weighted by molar-refractivity contribution is 0.132. The van der Waals surface area contributed by atoms with Crippen molar-refractivity contribution >= 4 is 5.69 Å². The van der Waals surface area contributed by atoms with Gasteiger partial charge in [-0.1, -0.05) is 13.8 Å². The van der Waals surface area contributed by atoms with Crippen LogP contribution in [-0.2, 0) is 4.74 Å². The summed E-state index contributed by atoms with van der Waals surface area (Å²) in [7, 11) is 1.45. The van der Waals surface area contributed by atoms with Crippen molar-refractivity contribution in [1.82, 2.24) is 0 Å². The van der Waals surface area contributed by atoms with Crippen LogP contribution in [0.5, 0.6) is 5.75 Å². The Balaban J connectivity index is 2.21. The van der Waals surface area contributed by atoms with Crippen molar-refractivity contribution < 1.29 is 13.9 Å². The highest BCUT2D eigenvalue weighted by Crippen LogP contribution is 2.20. The quantitative estimate of drug-likeness (QED) is 0.723. The number of hydrogen-bond donors (Lipinski definition) is 1. The van der Waals surface area contributed by atoms with Gasteiger partial charge in [0.15, 0.2) is 11.6 Å². The second-order valence-corrected chi connectivity index (χ2v) is 4.57. The normalized spacial score (nSPS) is 10.7. The first kappa shape index (κ1) is 14.8. The lowest BCUT2D eigenvalue weighted by atomic mass is 10.1. The van der Waals surface area contributed by atoms with Crippen LogP contribution in [0.3, 0.4) is 0 Å². The summed E-state index contributed by atoms with van der Waals surface area (Å²) in [6, 6.07) is 4.82. The molecule has 0 bridgehead atoms. The zero-order valence-electron chi connectivity index (χ0n) is 11.3. The van der Waals surface area contributed by atoms with E-state index in [1.807, 2.05) is 0 Å². The highest BCUT2D eigenvalue weighted by atomic mass is 19.1. The van der Waals surface area contributed by atoms with Gasteiger partial charge >= 0.3 is 0 Å². The Bertz CT molecular complexity index is 356. The van der Waals surface area contributed by atoms with Gasteiger partial charge < -0.3 is 14.8 Å². The zero-order valence-corrected chi connectivity index (χ0v) is 11.3. The van der Waals surface area contributed by atoms with Crippen molar-refractivity contribution in [2.24, 2.45) is 5.92 Å². The predicted octanol–water partition coefficient (Wildman–Crippen LogP) is 3.31. The second kappa shape index (κ2) is 7.93. The fraction of sp³-hybridized carbons (Fsp3) is 0.571. The van der Waals surface area contributed by atoms with Crippen LogP contribution in [0.1, 0.15) is 20.3 Å². The minimum Gasteiger partial charge on any atom is -0.494 e. The summed E-state index contributed by atoms with van der Waals surface area (Å²) in [5, 5.41) is 3.10. The van der Waals surface area contributed by atoms with Gasteiger partial charge in [0.2, 0.25) is 0 Å². The maximum absolute atomic E-state index is 13.4. The molecule has 1 N–H and O–H groups in total. The summed E-state index contributed by atoms with van der Waals surface area (Å²) in [5.41, 5.74) is 0.737. The monoisotopic (exact) mass is 255 g/mol. The topological polar surface area (TPSA) is 30.5 Å². The van der Waals surface area contributed by atoms with Crippen LogP contribution in [0.25, 0.3) is 0 Å². The van der Waals surface area contributed by atoms with E-state index in [0.717, 1.165) is 18.7 Å². The van der Waals surface area contributed by atoms with Crippen LogP contribution in [0.4, 0.5) is 10.1 Å². The van der Waals surface area contributed by atoms with Gasteiger partial charge in [0.1, 0.15) is 0 Å². The molecule has 1 aromatic rings. The fourth-order valence-electron chi connectivity index (χ4n) is 1.46. The number of hydrogen-bond acceptors (Lipinski definition) is 3. The highest BCUT2D eigenvalue weighted by Gasteiger charge is 2.02. The molecule has 0 unspecified atom stereocenters. The van der Waals surface area contributed by atoms with Gasteiger partial charge in [0.25, 0.3) is 0 Å². The molecule has 0 saturated carbocycles. The lowest BCUT2D eigenvalue weighted by Crippen LogP contribution is -2.11. The molecule has 102 valence electrons. The minimum atomic E-state index is -0.358. The van der Waals surface area contributed by atoms with Crippen molar-refractivity contribution in [2.75, 3.05) is 32.2 Å². The summed E-state index contributed by atoms with van der Waals surface area (Å²) in [6.07, 6.45) is 1.07. The molecule has 0 aliphatic rings. The van der Waals surface area contributed by atoms with E-state index in [2.05, 4.69) is 19.2 Å². The molecular weight excluding hydrogens is 233 g/mol. The Labute approximate surface area is 108 Å². The Kier molecular flexibility index (Phi) is 6.50. The Morgan fingerprint density at radius 1 is 1.28 bits per heavy atom. The Morgan fingerprint density at radius 2 is 2.06 bits per heavy atom. The highest BCUT2D eigenvalue weighted by molar-refractivity contribution is 5.47. The number of rotatable bonds is 8. The molecule has 0 fully saturated rings. The molecule has 0 saturated heterocycles. The SMILES string of the molecule is COc1ccc(NCCOCCC(C)C)cc1F. The molecule has 1 aromatic carbocycles. The van der Waals surface area contributed by atoms with Gasteiger partial charge in [-0.25, -0.2) is 4.39 Å².